The van der Waals surface area contributed by atoms with Crippen LogP contribution in [0, 0.1) is 6.92 Å². The van der Waals surface area contributed by atoms with Gasteiger partial charge in [-0.15, -0.1) is 0 Å². The number of hydrogen-bond acceptors (Lipinski definition) is 3. The fourth-order valence-electron chi connectivity index (χ4n) is 14.1. The second-order valence-electron chi connectivity index (χ2n) is 26.1. The van der Waals surface area contributed by atoms with Crippen molar-refractivity contribution in [3.63, 3.8) is 0 Å². The summed E-state index contributed by atoms with van der Waals surface area (Å²) in [6, 6.07) is 55.3. The van der Waals surface area contributed by atoms with Crippen molar-refractivity contribution in [2.45, 2.75) is 161 Å². The highest BCUT2D eigenvalue weighted by Crippen LogP contribution is 2.62. The Balaban J connectivity index is 1.21. The highest BCUT2D eigenvalue weighted by atomic mass is 15.3. The van der Waals surface area contributed by atoms with Crippen LogP contribution in [0.1, 0.15) is 155 Å². The largest absolute Gasteiger partial charge is 0.334 e. The van der Waals surface area contributed by atoms with Gasteiger partial charge in [0.25, 0.3) is 6.71 Å². The van der Waals surface area contributed by atoms with Crippen molar-refractivity contribution in [2.75, 3.05) is 14.7 Å². The van der Waals surface area contributed by atoms with Crippen molar-refractivity contribution in [3.05, 3.63) is 173 Å². The molecule has 12 rings (SSSR count). The van der Waals surface area contributed by atoms with Crippen LogP contribution in [0.2, 0.25) is 0 Å². The van der Waals surface area contributed by atoms with Crippen molar-refractivity contribution >= 4 is 68.6 Å². The number of hydrogen-bond donors (Lipinski definition) is 0. The first kappa shape index (κ1) is 46.1. The van der Waals surface area contributed by atoms with Crippen LogP contribution in [0.4, 0.5) is 45.5 Å². The molecule has 1 fully saturated rings. The van der Waals surface area contributed by atoms with Gasteiger partial charge in [-0.1, -0.05) is 168 Å². The summed E-state index contributed by atoms with van der Waals surface area (Å²) in [4.78, 5) is 8.18. The molecule has 7 aromatic carbocycles. The first-order valence-corrected chi connectivity index (χ1v) is 26.9. The van der Waals surface area contributed by atoms with Gasteiger partial charge in [0.2, 0.25) is 0 Å². The van der Waals surface area contributed by atoms with Crippen LogP contribution in [-0.2, 0) is 27.1 Å². The monoisotopic (exact) mass is 932 g/mol. The Labute approximate surface area is 426 Å². The first-order chi connectivity index (χ1) is 33.6. The van der Waals surface area contributed by atoms with Crippen LogP contribution < -0.4 is 31.1 Å². The Morgan fingerprint density at radius 1 is 0.451 bits per heavy atom. The quantitative estimate of drug-likeness (QED) is 0.163. The summed E-state index contributed by atoms with van der Waals surface area (Å²) in [5.41, 5.74) is 25.4. The van der Waals surface area contributed by atoms with Crippen LogP contribution in [0.15, 0.2) is 140 Å². The zero-order valence-corrected chi connectivity index (χ0v) is 44.9. The lowest BCUT2D eigenvalue weighted by Gasteiger charge is -2.51. The Kier molecular flexibility index (Phi) is 10.1. The van der Waals surface area contributed by atoms with Gasteiger partial charge in [-0.25, -0.2) is 0 Å². The zero-order valence-electron chi connectivity index (χ0n) is 44.9. The average molecular weight is 932 g/mol. The van der Waals surface area contributed by atoms with Gasteiger partial charge in [0.15, 0.2) is 0 Å². The molecule has 360 valence electrons. The molecule has 0 radical (unpaired) electrons. The van der Waals surface area contributed by atoms with Gasteiger partial charge in [-0.3, -0.25) is 0 Å². The molecule has 2 aliphatic carbocycles. The van der Waals surface area contributed by atoms with Gasteiger partial charge >= 0.3 is 0 Å². The summed E-state index contributed by atoms with van der Waals surface area (Å²) in [6.45, 7) is 31.6. The highest BCUT2D eigenvalue weighted by Gasteiger charge is 2.58. The number of aryl methyl sites for hydroxylation is 1. The van der Waals surface area contributed by atoms with E-state index in [0.29, 0.717) is 0 Å². The van der Waals surface area contributed by atoms with Crippen molar-refractivity contribution < 1.29 is 0 Å². The SMILES string of the molecule is Cc1ccccc1-c1ccc2c(c1)C1(C)CCCCC1(C)N2c1cc2c3c(c1)N(c1ccccc1)c1cc4c(cc1B3c1ccc(C(C)(C)C)cc1N2c1cccc(C(C)(C)C)c1)C(C)(C)CCC4(C)C. The Morgan fingerprint density at radius 2 is 1.06 bits per heavy atom. The van der Waals surface area contributed by atoms with Crippen molar-refractivity contribution in [2.24, 2.45) is 0 Å². The molecule has 3 aliphatic heterocycles. The number of fused-ring (bicyclic) bond motifs is 8. The Hall–Kier alpha value is -6.00. The molecular formula is C67H74BN3. The van der Waals surface area contributed by atoms with Crippen LogP contribution in [0.5, 0.6) is 0 Å². The van der Waals surface area contributed by atoms with E-state index in [1.54, 1.807) is 0 Å². The van der Waals surface area contributed by atoms with Crippen molar-refractivity contribution in [1.29, 1.82) is 0 Å². The van der Waals surface area contributed by atoms with E-state index in [1.807, 2.05) is 0 Å². The number of benzene rings is 7. The zero-order chi connectivity index (χ0) is 49.8. The number of para-hydroxylation sites is 1. The summed E-state index contributed by atoms with van der Waals surface area (Å²) in [5.74, 6) is 0. The standard InChI is InChI=1S/C67H74BN3/c1-43-22-17-18-27-50(43)44-28-31-56-53(36-44)66(12)32-19-20-33-67(66,13)71(56)49-39-59-61-60(40-49)70(48-26-21-23-45(37-48)62(2,3)4)57-38-46(63(5,6)7)29-30-54(57)68(61)55-41-51-52(65(10,11)35-34-64(51,8)9)42-58(55)69(59)47-24-15-14-16-25-47/h14-18,21-31,36-42H,19-20,32-35H2,1-13H3. The van der Waals surface area contributed by atoms with Gasteiger partial charge < -0.3 is 14.7 Å². The van der Waals surface area contributed by atoms with Crippen LogP contribution >= 0.6 is 0 Å². The molecule has 7 aromatic rings. The molecule has 1 saturated carbocycles. The second-order valence-corrected chi connectivity index (χ2v) is 26.1. The number of rotatable bonds is 4. The van der Waals surface area contributed by atoms with Gasteiger partial charge in [0.1, 0.15) is 0 Å². The fraction of sp³-hybridized carbons (Fsp3) is 0.373. The fourth-order valence-corrected chi connectivity index (χ4v) is 14.1. The summed E-state index contributed by atoms with van der Waals surface area (Å²) in [7, 11) is 0. The Bertz CT molecular complexity index is 3310. The van der Waals surface area contributed by atoms with Crippen LogP contribution in [0.3, 0.4) is 0 Å². The van der Waals surface area contributed by atoms with E-state index in [1.165, 1.54) is 138 Å². The smallest absolute Gasteiger partial charge is 0.252 e. The summed E-state index contributed by atoms with van der Waals surface area (Å²) in [6.07, 6.45) is 7.10. The predicted molar refractivity (Wildman–Crippen MR) is 306 cm³/mol. The lowest BCUT2D eigenvalue weighted by Crippen LogP contribution is -2.62. The summed E-state index contributed by atoms with van der Waals surface area (Å²) < 4.78 is 0. The van der Waals surface area contributed by atoms with Crippen molar-refractivity contribution in [1.82, 2.24) is 0 Å². The van der Waals surface area contributed by atoms with E-state index in [0.717, 1.165) is 6.42 Å². The summed E-state index contributed by atoms with van der Waals surface area (Å²) in [5, 5.41) is 0. The van der Waals surface area contributed by atoms with Crippen LogP contribution in [0.25, 0.3) is 11.1 Å². The van der Waals surface area contributed by atoms with Crippen LogP contribution in [-0.4, -0.2) is 12.3 Å². The molecule has 4 heteroatoms. The van der Waals surface area contributed by atoms with Gasteiger partial charge in [-0.05, 0) is 183 Å². The third-order valence-corrected chi connectivity index (χ3v) is 18.7. The van der Waals surface area contributed by atoms with E-state index in [9.17, 15) is 0 Å². The molecule has 0 saturated heterocycles. The normalized spacial score (nSPS) is 21.5. The molecule has 0 spiro atoms. The molecule has 0 aromatic heterocycles. The predicted octanol–water partition coefficient (Wildman–Crippen LogP) is 16.4. The first-order valence-electron chi connectivity index (χ1n) is 26.9. The number of nitrogens with zero attached hydrogens (tertiary/aromatic N) is 3. The van der Waals surface area contributed by atoms with Gasteiger partial charge in [0, 0.05) is 50.9 Å². The van der Waals surface area contributed by atoms with Crippen molar-refractivity contribution in [3.8, 4) is 11.1 Å². The van der Waals surface area contributed by atoms with E-state index >= 15 is 0 Å². The third kappa shape index (κ3) is 6.82. The lowest BCUT2D eigenvalue weighted by molar-refractivity contribution is 0.195. The van der Waals surface area contributed by atoms with Gasteiger partial charge in [0.05, 0.1) is 5.54 Å². The molecule has 3 nitrogen and oxygen atoms in total. The number of anilines is 8. The molecule has 3 heterocycles. The van der Waals surface area contributed by atoms with E-state index in [4.69, 9.17) is 0 Å². The maximum Gasteiger partial charge on any atom is 0.252 e. The maximum atomic E-state index is 2.83. The van der Waals surface area contributed by atoms with E-state index in [2.05, 4.69) is 244 Å². The Morgan fingerprint density at radius 3 is 1.75 bits per heavy atom. The molecule has 71 heavy (non-hydrogen) atoms. The molecule has 2 atom stereocenters. The lowest BCUT2D eigenvalue weighted by atomic mass is 9.33. The minimum absolute atomic E-state index is 0.0230. The molecule has 0 bridgehead atoms. The minimum atomic E-state index is -0.153. The molecular weight excluding hydrogens is 858 g/mol. The average Bonchev–Trinajstić information content (AvgIpc) is 3.54. The molecule has 0 amide bonds. The van der Waals surface area contributed by atoms with E-state index < -0.39 is 0 Å². The highest BCUT2D eigenvalue weighted by molar-refractivity contribution is 7.00. The summed E-state index contributed by atoms with van der Waals surface area (Å²) >= 11 is 0. The minimum Gasteiger partial charge on any atom is -0.334 e. The van der Waals surface area contributed by atoms with Gasteiger partial charge in [-0.2, -0.15) is 0 Å². The third-order valence-electron chi connectivity index (χ3n) is 18.7. The molecule has 2 unspecified atom stereocenters. The van der Waals surface area contributed by atoms with E-state index in [-0.39, 0.29) is 39.3 Å². The molecule has 0 N–H and O–H groups in total. The molecule has 5 aliphatic rings. The topological polar surface area (TPSA) is 9.72 Å². The second kappa shape index (κ2) is 15.5. The maximum absolute atomic E-state index is 2.83.